The van der Waals surface area contributed by atoms with Crippen molar-refractivity contribution in [3.63, 3.8) is 0 Å². The minimum absolute atomic E-state index is 0.00920. The molecule has 5 atom stereocenters. The Kier molecular flexibility index (Phi) is 5.97. The number of amides is 2. The van der Waals surface area contributed by atoms with Crippen LogP contribution in [0.5, 0.6) is 0 Å². The number of nitrogens with one attached hydrogen (secondary N) is 1. The zero-order valence-corrected chi connectivity index (χ0v) is 21.9. The topological polar surface area (TPSA) is 110 Å². The summed E-state index contributed by atoms with van der Waals surface area (Å²) in [7, 11) is 0. The van der Waals surface area contributed by atoms with E-state index in [1.54, 1.807) is 18.3 Å². The van der Waals surface area contributed by atoms with Crippen molar-refractivity contribution in [1.29, 1.82) is 0 Å². The summed E-state index contributed by atoms with van der Waals surface area (Å²) in [5.41, 5.74) is -0.276. The standard InChI is InChI=1S/C28H26F2N8O3/c1-31-28(19-14-36(15-20(19)28)26(39)23-3-2-6-32-23)24-5-4-16(11-33-24)25-21(29)9-17(10-22(25)30)38-13-18(41-27(38)40)12-37-8-7-34-35-37/h4-5,7-11,18-20,23,32H,2-3,6,12-15H2/t18-,19-,20+,23-,28?/m0/s1. The highest BCUT2D eigenvalue weighted by Crippen LogP contribution is 2.64. The summed E-state index contributed by atoms with van der Waals surface area (Å²) in [4.78, 5) is 36.6. The van der Waals surface area contributed by atoms with Gasteiger partial charge in [0.15, 0.2) is 0 Å². The van der Waals surface area contributed by atoms with Crippen LogP contribution in [0.3, 0.4) is 0 Å². The number of carbonyl (C=O) groups is 2. The Morgan fingerprint density at radius 2 is 1.98 bits per heavy atom. The van der Waals surface area contributed by atoms with Gasteiger partial charge in [-0.15, -0.1) is 5.10 Å². The molecule has 11 nitrogen and oxygen atoms in total. The fourth-order valence-electron chi connectivity index (χ4n) is 6.64. The lowest BCUT2D eigenvalue weighted by atomic mass is 10.0. The van der Waals surface area contributed by atoms with Crippen molar-refractivity contribution in [3.05, 3.63) is 71.6 Å². The SMILES string of the molecule is [C-]#[N+]C1(c2ccc(-c3c(F)cc(N4C[C@H](Cn5ccnn5)OC4=O)cc3F)cn2)[C@@H]2CN(C(=O)[C@@H]3CCCN3)C[C@@H]21. The van der Waals surface area contributed by atoms with Crippen LogP contribution in [0, 0.1) is 30.0 Å². The summed E-state index contributed by atoms with van der Waals surface area (Å²) in [5, 5.41) is 10.8. The first-order valence-corrected chi connectivity index (χ1v) is 13.6. The van der Waals surface area contributed by atoms with E-state index < -0.39 is 29.4 Å². The lowest BCUT2D eigenvalue weighted by molar-refractivity contribution is -0.132. The molecule has 7 rings (SSSR count). The molecular formula is C28H26F2N8O3. The quantitative estimate of drug-likeness (QED) is 0.462. The second-order valence-electron chi connectivity index (χ2n) is 11.0. The fourth-order valence-corrected chi connectivity index (χ4v) is 6.64. The van der Waals surface area contributed by atoms with Crippen LogP contribution < -0.4 is 10.2 Å². The molecule has 3 aliphatic heterocycles. The molecule has 3 saturated heterocycles. The second kappa shape index (κ2) is 9.59. The summed E-state index contributed by atoms with van der Waals surface area (Å²) >= 11 is 0. The second-order valence-corrected chi connectivity index (χ2v) is 11.0. The molecule has 1 aromatic carbocycles. The van der Waals surface area contributed by atoms with Crippen molar-refractivity contribution in [2.24, 2.45) is 11.8 Å². The predicted molar refractivity (Wildman–Crippen MR) is 140 cm³/mol. The minimum Gasteiger partial charge on any atom is -0.442 e. The average molecular weight is 561 g/mol. The number of hydrogen-bond acceptors (Lipinski definition) is 7. The average Bonchev–Trinajstić information content (AvgIpc) is 3.65. The molecule has 5 heterocycles. The van der Waals surface area contributed by atoms with Gasteiger partial charge in [0.1, 0.15) is 23.4 Å². The molecule has 0 radical (unpaired) electrons. The van der Waals surface area contributed by atoms with Crippen LogP contribution in [0.4, 0.5) is 19.3 Å². The third-order valence-corrected chi connectivity index (χ3v) is 8.73. The number of cyclic esters (lactones) is 1. The van der Waals surface area contributed by atoms with Gasteiger partial charge in [0.05, 0.1) is 48.4 Å². The van der Waals surface area contributed by atoms with E-state index in [2.05, 4.69) is 25.5 Å². The number of carbonyl (C=O) groups excluding carboxylic acids is 2. The Bertz CT molecular complexity index is 1520. The van der Waals surface area contributed by atoms with Gasteiger partial charge in [-0.3, -0.25) is 14.7 Å². The van der Waals surface area contributed by atoms with Crippen LogP contribution >= 0.6 is 0 Å². The number of likely N-dealkylation sites (tertiary alicyclic amines) is 1. The predicted octanol–water partition coefficient (Wildman–Crippen LogP) is 2.60. The first kappa shape index (κ1) is 25.5. The molecule has 1 aliphatic carbocycles. The van der Waals surface area contributed by atoms with E-state index >= 15 is 8.78 Å². The third kappa shape index (κ3) is 4.12. The van der Waals surface area contributed by atoms with Crippen LogP contribution in [0.15, 0.2) is 42.9 Å². The van der Waals surface area contributed by atoms with Crippen molar-refractivity contribution in [2.45, 2.75) is 37.1 Å². The van der Waals surface area contributed by atoms with E-state index in [0.717, 1.165) is 31.5 Å². The number of pyridine rings is 1. The molecule has 210 valence electrons. The van der Waals surface area contributed by atoms with E-state index in [9.17, 15) is 9.59 Å². The highest BCUT2D eigenvalue weighted by atomic mass is 19.1. The summed E-state index contributed by atoms with van der Waals surface area (Å²) < 4.78 is 37.4. The van der Waals surface area contributed by atoms with Crippen molar-refractivity contribution in [3.8, 4) is 11.1 Å². The number of anilines is 1. The number of fused-ring (bicyclic) bond motifs is 1. The van der Waals surface area contributed by atoms with Crippen LogP contribution in [-0.2, 0) is 21.6 Å². The molecule has 1 saturated carbocycles. The molecule has 0 spiro atoms. The number of aromatic nitrogens is 4. The van der Waals surface area contributed by atoms with Crippen molar-refractivity contribution in [2.75, 3.05) is 31.1 Å². The zero-order valence-electron chi connectivity index (χ0n) is 21.9. The number of ether oxygens (including phenoxy) is 1. The highest BCUT2D eigenvalue weighted by Gasteiger charge is 2.78. The van der Waals surface area contributed by atoms with Gasteiger partial charge in [-0.1, -0.05) is 11.3 Å². The Hall–Kier alpha value is -4.44. The van der Waals surface area contributed by atoms with Gasteiger partial charge in [0, 0.05) is 31.0 Å². The Balaban J connectivity index is 1.06. The van der Waals surface area contributed by atoms with Crippen LogP contribution in [-0.4, -0.2) is 75.2 Å². The molecule has 13 heteroatoms. The third-order valence-electron chi connectivity index (χ3n) is 8.73. The number of hydrogen-bond donors (Lipinski definition) is 1. The first-order valence-electron chi connectivity index (χ1n) is 13.6. The lowest BCUT2D eigenvalue weighted by Crippen LogP contribution is -2.44. The molecule has 2 amide bonds. The Morgan fingerprint density at radius 3 is 2.59 bits per heavy atom. The molecule has 41 heavy (non-hydrogen) atoms. The maximum atomic E-state index is 15.3. The van der Waals surface area contributed by atoms with Crippen molar-refractivity contribution in [1.82, 2.24) is 30.2 Å². The van der Waals surface area contributed by atoms with Crippen LogP contribution in [0.25, 0.3) is 16.0 Å². The number of rotatable bonds is 6. The van der Waals surface area contributed by atoms with Gasteiger partial charge in [-0.05, 0) is 37.6 Å². The summed E-state index contributed by atoms with van der Waals surface area (Å²) in [6, 6.07) is 5.27. The molecule has 1 unspecified atom stereocenters. The Labute approximate surface area is 233 Å². The molecular weight excluding hydrogens is 534 g/mol. The minimum atomic E-state index is -0.847. The van der Waals surface area contributed by atoms with Gasteiger partial charge in [0.2, 0.25) is 5.91 Å². The van der Waals surface area contributed by atoms with Crippen LogP contribution in [0.1, 0.15) is 18.5 Å². The summed E-state index contributed by atoms with van der Waals surface area (Å²) in [6.45, 7) is 10.2. The van der Waals surface area contributed by atoms with Gasteiger partial charge in [-0.25, -0.2) is 24.8 Å². The van der Waals surface area contributed by atoms with Gasteiger partial charge in [-0.2, -0.15) is 0 Å². The molecule has 4 fully saturated rings. The molecule has 4 aliphatic rings. The smallest absolute Gasteiger partial charge is 0.414 e. The molecule has 2 aromatic heterocycles. The monoisotopic (exact) mass is 560 g/mol. The number of nitrogens with zero attached hydrogens (tertiary/aromatic N) is 7. The lowest BCUT2D eigenvalue weighted by Gasteiger charge is -2.24. The van der Waals surface area contributed by atoms with Crippen molar-refractivity contribution >= 4 is 17.7 Å². The summed E-state index contributed by atoms with van der Waals surface area (Å²) in [5.74, 6) is -1.62. The van der Waals surface area contributed by atoms with E-state index in [1.807, 2.05) is 4.90 Å². The van der Waals surface area contributed by atoms with E-state index in [-0.39, 0.29) is 53.7 Å². The fraction of sp³-hybridized carbons (Fsp3) is 0.429. The zero-order chi connectivity index (χ0) is 28.3. The Morgan fingerprint density at radius 1 is 1.20 bits per heavy atom. The molecule has 3 aromatic rings. The molecule has 0 bridgehead atoms. The highest BCUT2D eigenvalue weighted by molar-refractivity contribution is 5.90. The van der Waals surface area contributed by atoms with Crippen LogP contribution in [0.2, 0.25) is 0 Å². The number of halogens is 2. The maximum absolute atomic E-state index is 15.3. The largest absolute Gasteiger partial charge is 0.442 e. The van der Waals surface area contributed by atoms with E-state index in [4.69, 9.17) is 11.3 Å². The number of benzene rings is 1. The number of piperidine rings is 1. The van der Waals surface area contributed by atoms with Gasteiger partial charge >= 0.3 is 6.09 Å². The van der Waals surface area contributed by atoms with Gasteiger partial charge in [0.25, 0.3) is 5.54 Å². The molecule has 1 N–H and O–H groups in total. The normalized spacial score (nSPS) is 28.5. The van der Waals surface area contributed by atoms with Gasteiger partial charge < -0.3 is 19.8 Å². The van der Waals surface area contributed by atoms with E-state index in [0.29, 0.717) is 18.8 Å². The van der Waals surface area contributed by atoms with E-state index in [1.165, 1.54) is 22.0 Å². The summed E-state index contributed by atoms with van der Waals surface area (Å²) in [6.07, 6.45) is 5.08. The van der Waals surface area contributed by atoms with Crippen molar-refractivity contribution < 1.29 is 23.1 Å². The first-order chi connectivity index (χ1) is 19.9. The maximum Gasteiger partial charge on any atom is 0.414 e.